The maximum atomic E-state index is 14.4. The third-order valence-electron chi connectivity index (χ3n) is 6.06. The maximum absolute atomic E-state index is 14.4. The lowest BCUT2D eigenvalue weighted by Gasteiger charge is -2.39. The fourth-order valence-corrected chi connectivity index (χ4v) is 4.91. The van der Waals surface area contributed by atoms with Crippen LogP contribution >= 0.6 is 11.8 Å². The normalized spacial score (nSPS) is 21.4. The molecule has 30 heavy (non-hydrogen) atoms. The monoisotopic (exact) mass is 431 g/mol. The van der Waals surface area contributed by atoms with E-state index < -0.39 is 5.60 Å². The Hall–Kier alpha value is -1.89. The Morgan fingerprint density at radius 2 is 1.83 bits per heavy atom. The van der Waals surface area contributed by atoms with Crippen molar-refractivity contribution in [2.24, 2.45) is 0 Å². The molecule has 0 heterocycles. The van der Waals surface area contributed by atoms with Gasteiger partial charge in [0.2, 0.25) is 5.91 Å². The van der Waals surface area contributed by atoms with Crippen molar-refractivity contribution in [3.63, 3.8) is 0 Å². The maximum Gasteiger partial charge on any atom is 0.223 e. The lowest BCUT2D eigenvalue weighted by molar-refractivity contribution is -0.116. The van der Waals surface area contributed by atoms with Crippen molar-refractivity contribution < 1.29 is 18.7 Å². The van der Waals surface area contributed by atoms with Crippen LogP contribution in [0.4, 0.5) is 10.1 Å². The summed E-state index contributed by atoms with van der Waals surface area (Å²) < 4.78 is 25.8. The first-order valence-corrected chi connectivity index (χ1v) is 11.2. The molecule has 4 nitrogen and oxygen atoms in total. The molecule has 0 N–H and O–H groups in total. The molecule has 0 bridgehead atoms. The Labute approximate surface area is 182 Å². The molecule has 1 aliphatic carbocycles. The number of nitrogens with zero attached hydrogens (tertiary/aromatic N) is 1. The van der Waals surface area contributed by atoms with E-state index in [1.54, 1.807) is 57.0 Å². The molecule has 0 saturated heterocycles. The number of halogens is 1. The number of benzene rings is 2. The summed E-state index contributed by atoms with van der Waals surface area (Å²) in [4.78, 5) is 14.0. The van der Waals surface area contributed by atoms with Gasteiger partial charge >= 0.3 is 0 Å². The standard InChI is InChI=1S/C24H30FNO3S/c1-17(27)26(2)21-7-5-18(6-8-21)16-30-23-14-19(13-20(25)15-23)24(29-4)11-9-22(28-3)10-12-24/h5-8,13-15,22H,9-12,16H2,1-4H3. The summed E-state index contributed by atoms with van der Waals surface area (Å²) in [5.41, 5.74) is 2.43. The predicted octanol–water partition coefficient (Wildman–Crippen LogP) is 5.53. The minimum Gasteiger partial charge on any atom is -0.381 e. The Balaban J connectivity index is 1.72. The Morgan fingerprint density at radius 3 is 2.40 bits per heavy atom. The molecule has 1 aliphatic rings. The zero-order valence-electron chi connectivity index (χ0n) is 18.1. The number of hydrogen-bond donors (Lipinski definition) is 0. The van der Waals surface area contributed by atoms with Crippen molar-refractivity contribution in [2.75, 3.05) is 26.2 Å². The highest BCUT2D eigenvalue weighted by Crippen LogP contribution is 2.42. The van der Waals surface area contributed by atoms with Crippen LogP contribution in [0.5, 0.6) is 0 Å². The van der Waals surface area contributed by atoms with E-state index in [1.165, 1.54) is 0 Å². The minimum absolute atomic E-state index is 0.00369. The number of anilines is 1. The zero-order valence-corrected chi connectivity index (χ0v) is 18.9. The molecule has 0 unspecified atom stereocenters. The van der Waals surface area contributed by atoms with Gasteiger partial charge in [-0.05, 0) is 67.1 Å². The number of hydrogen-bond acceptors (Lipinski definition) is 4. The Morgan fingerprint density at radius 1 is 1.17 bits per heavy atom. The zero-order chi connectivity index (χ0) is 21.7. The first-order valence-electron chi connectivity index (χ1n) is 10.2. The van der Waals surface area contributed by atoms with E-state index in [0.717, 1.165) is 53.1 Å². The van der Waals surface area contributed by atoms with Crippen molar-refractivity contribution in [1.82, 2.24) is 0 Å². The lowest BCUT2D eigenvalue weighted by Crippen LogP contribution is -2.36. The highest BCUT2D eigenvalue weighted by molar-refractivity contribution is 7.98. The van der Waals surface area contributed by atoms with Gasteiger partial charge in [0.25, 0.3) is 0 Å². The van der Waals surface area contributed by atoms with Gasteiger partial charge in [0.15, 0.2) is 0 Å². The van der Waals surface area contributed by atoms with Crippen molar-refractivity contribution >= 4 is 23.4 Å². The molecular formula is C24H30FNO3S. The van der Waals surface area contributed by atoms with Crippen molar-refractivity contribution in [2.45, 2.75) is 55.0 Å². The topological polar surface area (TPSA) is 38.8 Å². The molecule has 6 heteroatoms. The van der Waals surface area contributed by atoms with Crippen molar-refractivity contribution in [3.8, 4) is 0 Å². The molecule has 0 spiro atoms. The molecule has 1 fully saturated rings. The van der Waals surface area contributed by atoms with E-state index in [0.29, 0.717) is 0 Å². The van der Waals surface area contributed by atoms with Crippen LogP contribution in [0.15, 0.2) is 47.4 Å². The first kappa shape index (κ1) is 22.8. The second-order valence-electron chi connectivity index (χ2n) is 7.84. The fraction of sp³-hybridized carbons (Fsp3) is 0.458. The second kappa shape index (κ2) is 9.94. The summed E-state index contributed by atoms with van der Waals surface area (Å²) in [6.07, 6.45) is 3.71. The van der Waals surface area contributed by atoms with Gasteiger partial charge in [0, 0.05) is 44.5 Å². The SMILES string of the molecule is COC1CCC(OC)(c2cc(F)cc(SCc3ccc(N(C)C(C)=O)cc3)c2)CC1. The minimum atomic E-state index is -0.453. The van der Waals surface area contributed by atoms with Gasteiger partial charge in [-0.1, -0.05) is 12.1 Å². The first-order chi connectivity index (χ1) is 14.4. The predicted molar refractivity (Wildman–Crippen MR) is 119 cm³/mol. The van der Waals surface area contributed by atoms with Gasteiger partial charge in [0.1, 0.15) is 5.82 Å². The van der Waals surface area contributed by atoms with Crippen LogP contribution in [0.1, 0.15) is 43.7 Å². The number of thioether (sulfide) groups is 1. The van der Waals surface area contributed by atoms with Gasteiger partial charge in [-0.25, -0.2) is 4.39 Å². The molecule has 0 aromatic heterocycles. The number of ether oxygens (including phenoxy) is 2. The number of methoxy groups -OCH3 is 2. The number of amides is 1. The van der Waals surface area contributed by atoms with Crippen LogP contribution in [0.25, 0.3) is 0 Å². The van der Waals surface area contributed by atoms with Crippen LogP contribution in [-0.4, -0.2) is 33.3 Å². The average molecular weight is 432 g/mol. The van der Waals surface area contributed by atoms with Gasteiger partial charge in [-0.15, -0.1) is 11.8 Å². The molecule has 162 valence electrons. The average Bonchev–Trinajstić information content (AvgIpc) is 2.77. The molecule has 3 rings (SSSR count). The van der Waals surface area contributed by atoms with Gasteiger partial charge in [0.05, 0.1) is 11.7 Å². The molecule has 0 aliphatic heterocycles. The largest absolute Gasteiger partial charge is 0.381 e. The van der Waals surface area contributed by atoms with Crippen LogP contribution in [0.3, 0.4) is 0 Å². The van der Waals surface area contributed by atoms with Crippen molar-refractivity contribution in [1.29, 1.82) is 0 Å². The summed E-state index contributed by atoms with van der Waals surface area (Å²) in [6, 6.07) is 13.1. The molecule has 1 amide bonds. The summed E-state index contributed by atoms with van der Waals surface area (Å²) in [7, 11) is 5.21. The lowest BCUT2D eigenvalue weighted by atomic mass is 9.78. The quantitative estimate of drug-likeness (QED) is 0.540. The highest BCUT2D eigenvalue weighted by atomic mass is 32.2. The number of rotatable bonds is 7. The van der Waals surface area contributed by atoms with Crippen LogP contribution < -0.4 is 4.90 Å². The highest BCUT2D eigenvalue weighted by Gasteiger charge is 2.37. The summed E-state index contributed by atoms with van der Waals surface area (Å²) in [5, 5.41) is 0. The van der Waals surface area contributed by atoms with Crippen LogP contribution in [-0.2, 0) is 25.6 Å². The second-order valence-corrected chi connectivity index (χ2v) is 8.89. The fourth-order valence-electron chi connectivity index (χ4n) is 3.98. The van der Waals surface area contributed by atoms with E-state index in [1.807, 2.05) is 24.3 Å². The van der Waals surface area contributed by atoms with Gasteiger partial charge in [-0.3, -0.25) is 4.79 Å². The molecule has 1 saturated carbocycles. The molecule has 2 aromatic rings. The number of carbonyl (C=O) groups is 1. The molecule has 2 aromatic carbocycles. The van der Waals surface area contributed by atoms with E-state index >= 15 is 0 Å². The van der Waals surface area contributed by atoms with Crippen molar-refractivity contribution in [3.05, 3.63) is 59.4 Å². The summed E-state index contributed by atoms with van der Waals surface area (Å²) >= 11 is 1.60. The third kappa shape index (κ3) is 5.23. The van der Waals surface area contributed by atoms with E-state index in [-0.39, 0.29) is 17.8 Å². The molecule has 0 radical (unpaired) electrons. The Kier molecular flexibility index (Phi) is 7.55. The smallest absolute Gasteiger partial charge is 0.223 e. The van der Waals surface area contributed by atoms with E-state index in [4.69, 9.17) is 9.47 Å². The summed E-state index contributed by atoms with van der Waals surface area (Å²) in [5.74, 6) is 0.480. The third-order valence-corrected chi connectivity index (χ3v) is 7.11. The molecule has 0 atom stereocenters. The van der Waals surface area contributed by atoms with Gasteiger partial charge < -0.3 is 14.4 Å². The van der Waals surface area contributed by atoms with E-state index in [9.17, 15) is 9.18 Å². The molecular weight excluding hydrogens is 401 g/mol. The Bertz CT molecular complexity index is 863. The number of carbonyl (C=O) groups excluding carboxylic acids is 1. The van der Waals surface area contributed by atoms with Gasteiger partial charge in [-0.2, -0.15) is 0 Å². The van der Waals surface area contributed by atoms with Crippen LogP contribution in [0.2, 0.25) is 0 Å². The van der Waals surface area contributed by atoms with Crippen LogP contribution in [0, 0.1) is 5.82 Å². The van der Waals surface area contributed by atoms with E-state index in [2.05, 4.69) is 6.07 Å². The summed E-state index contributed by atoms with van der Waals surface area (Å²) in [6.45, 7) is 1.54.